The first kappa shape index (κ1) is 20.0. The van der Waals surface area contributed by atoms with E-state index in [2.05, 4.69) is 16.4 Å². The molecule has 0 fully saturated rings. The van der Waals surface area contributed by atoms with Crippen molar-refractivity contribution in [2.75, 3.05) is 12.4 Å². The number of ether oxygens (including phenoxy) is 1. The van der Waals surface area contributed by atoms with Gasteiger partial charge >= 0.3 is 5.97 Å². The number of benzene rings is 2. The van der Waals surface area contributed by atoms with Crippen LogP contribution in [-0.4, -0.2) is 19.0 Å². The van der Waals surface area contributed by atoms with Gasteiger partial charge in [-0.25, -0.2) is 9.79 Å². The average molecular weight is 439 g/mol. The van der Waals surface area contributed by atoms with Gasteiger partial charge in [-0.15, -0.1) is 24.0 Å². The standard InChI is InChI=1S/C18H21N3O2.HI/c1-12-7-13(2)9-16(8-12)21-18(19)20-11-14-5-4-6-15(10-14)17(22)23-3;/h4-10H,11H2,1-3H3,(H3,19,20,21);1H. The van der Waals surface area contributed by atoms with Crippen molar-refractivity contribution in [3.8, 4) is 0 Å². The third-order valence-electron chi connectivity index (χ3n) is 3.27. The van der Waals surface area contributed by atoms with Crippen molar-refractivity contribution in [1.29, 1.82) is 0 Å². The Morgan fingerprint density at radius 1 is 1.17 bits per heavy atom. The van der Waals surface area contributed by atoms with E-state index in [1.54, 1.807) is 18.2 Å². The molecule has 0 spiro atoms. The molecule has 0 aromatic heterocycles. The number of nitrogens with one attached hydrogen (secondary N) is 1. The van der Waals surface area contributed by atoms with E-state index in [0.29, 0.717) is 18.1 Å². The van der Waals surface area contributed by atoms with Crippen LogP contribution in [0.5, 0.6) is 0 Å². The molecule has 0 heterocycles. The summed E-state index contributed by atoms with van der Waals surface area (Å²) in [7, 11) is 1.36. The van der Waals surface area contributed by atoms with Crippen molar-refractivity contribution in [2.24, 2.45) is 10.7 Å². The van der Waals surface area contributed by atoms with Gasteiger partial charge in [0.15, 0.2) is 5.96 Å². The zero-order valence-electron chi connectivity index (χ0n) is 14.0. The number of aryl methyl sites for hydroxylation is 2. The van der Waals surface area contributed by atoms with E-state index in [0.717, 1.165) is 22.4 Å². The van der Waals surface area contributed by atoms with Crippen LogP contribution in [0.15, 0.2) is 47.5 Å². The minimum atomic E-state index is -0.364. The highest BCUT2D eigenvalue weighted by atomic mass is 127. The Morgan fingerprint density at radius 3 is 2.46 bits per heavy atom. The summed E-state index contributed by atoms with van der Waals surface area (Å²) >= 11 is 0. The first-order valence-corrected chi connectivity index (χ1v) is 7.30. The predicted octanol–water partition coefficient (Wildman–Crippen LogP) is 3.63. The Balaban J connectivity index is 0.00000288. The van der Waals surface area contributed by atoms with Crippen LogP contribution < -0.4 is 11.1 Å². The van der Waals surface area contributed by atoms with Gasteiger partial charge in [0.1, 0.15) is 0 Å². The Kier molecular flexibility index (Phi) is 7.70. The molecule has 2 aromatic carbocycles. The summed E-state index contributed by atoms with van der Waals surface area (Å²) in [6.07, 6.45) is 0. The zero-order valence-corrected chi connectivity index (χ0v) is 16.3. The van der Waals surface area contributed by atoms with Gasteiger partial charge in [0.25, 0.3) is 0 Å². The molecule has 2 aromatic rings. The van der Waals surface area contributed by atoms with Crippen LogP contribution in [0.1, 0.15) is 27.0 Å². The monoisotopic (exact) mass is 439 g/mol. The molecule has 5 nitrogen and oxygen atoms in total. The van der Waals surface area contributed by atoms with Gasteiger partial charge < -0.3 is 15.8 Å². The second kappa shape index (κ2) is 9.27. The minimum absolute atomic E-state index is 0. The van der Waals surface area contributed by atoms with Crippen molar-refractivity contribution < 1.29 is 9.53 Å². The SMILES string of the molecule is COC(=O)c1cccc(CN=C(N)Nc2cc(C)cc(C)c2)c1.I. The topological polar surface area (TPSA) is 76.7 Å². The summed E-state index contributed by atoms with van der Waals surface area (Å²) in [5, 5.41) is 3.08. The van der Waals surface area contributed by atoms with Gasteiger partial charge in [0.2, 0.25) is 0 Å². The van der Waals surface area contributed by atoms with E-state index in [1.165, 1.54) is 7.11 Å². The van der Waals surface area contributed by atoms with Crippen LogP contribution in [0.4, 0.5) is 5.69 Å². The average Bonchev–Trinajstić information content (AvgIpc) is 2.51. The summed E-state index contributed by atoms with van der Waals surface area (Å²) in [6.45, 7) is 4.45. The number of rotatable bonds is 4. The molecule has 3 N–H and O–H groups in total. The Hall–Kier alpha value is -2.09. The second-order valence-corrected chi connectivity index (χ2v) is 5.39. The highest BCUT2D eigenvalue weighted by Gasteiger charge is 2.05. The number of nitrogens with zero attached hydrogens (tertiary/aromatic N) is 1. The van der Waals surface area contributed by atoms with E-state index < -0.39 is 0 Å². The van der Waals surface area contributed by atoms with E-state index >= 15 is 0 Å². The maximum Gasteiger partial charge on any atom is 0.337 e. The zero-order chi connectivity index (χ0) is 16.8. The van der Waals surface area contributed by atoms with E-state index in [1.807, 2.05) is 32.0 Å². The Labute approximate surface area is 159 Å². The van der Waals surface area contributed by atoms with Crippen molar-refractivity contribution in [3.05, 3.63) is 64.7 Å². The number of carbonyl (C=O) groups excluding carboxylic acids is 1. The molecule has 0 bridgehead atoms. The lowest BCUT2D eigenvalue weighted by atomic mass is 10.1. The lowest BCUT2D eigenvalue weighted by molar-refractivity contribution is 0.0600. The molecular weight excluding hydrogens is 417 g/mol. The fraction of sp³-hybridized carbons (Fsp3) is 0.222. The number of nitrogens with two attached hydrogens (primary N) is 1. The van der Waals surface area contributed by atoms with Crippen LogP contribution in [0.3, 0.4) is 0 Å². The van der Waals surface area contributed by atoms with E-state index in [-0.39, 0.29) is 29.9 Å². The van der Waals surface area contributed by atoms with Crippen molar-refractivity contribution in [1.82, 2.24) is 0 Å². The summed E-state index contributed by atoms with van der Waals surface area (Å²) in [5.74, 6) is -0.0318. The highest BCUT2D eigenvalue weighted by molar-refractivity contribution is 14.0. The van der Waals surface area contributed by atoms with Crippen LogP contribution in [-0.2, 0) is 11.3 Å². The number of halogens is 1. The molecule has 0 amide bonds. The van der Waals surface area contributed by atoms with Gasteiger partial charge in [-0.2, -0.15) is 0 Å². The van der Waals surface area contributed by atoms with Crippen molar-refractivity contribution in [3.63, 3.8) is 0 Å². The van der Waals surface area contributed by atoms with E-state index in [4.69, 9.17) is 10.5 Å². The molecule has 0 atom stereocenters. The third kappa shape index (κ3) is 5.84. The molecular formula is C18H22IN3O2. The summed E-state index contributed by atoms with van der Waals surface area (Å²) < 4.78 is 4.71. The first-order valence-electron chi connectivity index (χ1n) is 7.30. The number of aliphatic imine (C=N–C) groups is 1. The molecule has 24 heavy (non-hydrogen) atoms. The Morgan fingerprint density at radius 2 is 1.83 bits per heavy atom. The lowest BCUT2D eigenvalue weighted by Gasteiger charge is -2.08. The van der Waals surface area contributed by atoms with Crippen LogP contribution in [0.2, 0.25) is 0 Å². The highest BCUT2D eigenvalue weighted by Crippen LogP contribution is 2.13. The van der Waals surface area contributed by atoms with Crippen LogP contribution in [0.25, 0.3) is 0 Å². The number of hydrogen-bond acceptors (Lipinski definition) is 3. The number of hydrogen-bond donors (Lipinski definition) is 2. The van der Waals surface area contributed by atoms with Gasteiger partial charge in [-0.3, -0.25) is 0 Å². The molecule has 6 heteroatoms. The van der Waals surface area contributed by atoms with Gasteiger partial charge in [0, 0.05) is 5.69 Å². The number of anilines is 1. The fourth-order valence-electron chi connectivity index (χ4n) is 2.33. The van der Waals surface area contributed by atoms with Gasteiger partial charge in [-0.1, -0.05) is 18.2 Å². The maximum atomic E-state index is 11.5. The molecule has 0 aliphatic rings. The largest absolute Gasteiger partial charge is 0.465 e. The van der Waals surface area contributed by atoms with Gasteiger partial charge in [0.05, 0.1) is 19.2 Å². The number of methoxy groups -OCH3 is 1. The summed E-state index contributed by atoms with van der Waals surface area (Å²) in [6, 6.07) is 13.2. The quantitative estimate of drug-likeness (QED) is 0.330. The maximum absolute atomic E-state index is 11.5. The molecule has 0 aliphatic heterocycles. The molecule has 0 unspecified atom stereocenters. The van der Waals surface area contributed by atoms with Crippen molar-refractivity contribution >= 4 is 41.6 Å². The van der Waals surface area contributed by atoms with Gasteiger partial charge in [-0.05, 0) is 54.8 Å². The normalized spacial score (nSPS) is 10.7. The first-order chi connectivity index (χ1) is 11.0. The number of carbonyl (C=O) groups is 1. The fourth-order valence-corrected chi connectivity index (χ4v) is 2.33. The van der Waals surface area contributed by atoms with Crippen molar-refractivity contribution in [2.45, 2.75) is 20.4 Å². The van der Waals surface area contributed by atoms with E-state index in [9.17, 15) is 4.79 Å². The van der Waals surface area contributed by atoms with Crippen LogP contribution >= 0.6 is 24.0 Å². The third-order valence-corrected chi connectivity index (χ3v) is 3.27. The predicted molar refractivity (Wildman–Crippen MR) is 108 cm³/mol. The second-order valence-electron chi connectivity index (χ2n) is 5.39. The smallest absolute Gasteiger partial charge is 0.337 e. The lowest BCUT2D eigenvalue weighted by Crippen LogP contribution is -2.22. The summed E-state index contributed by atoms with van der Waals surface area (Å²) in [5.41, 5.74) is 10.5. The molecule has 2 rings (SSSR count). The Bertz CT molecular complexity index is 725. The number of esters is 1. The minimum Gasteiger partial charge on any atom is -0.465 e. The van der Waals surface area contributed by atoms with Crippen LogP contribution in [0, 0.1) is 13.8 Å². The molecule has 128 valence electrons. The molecule has 0 saturated carbocycles. The molecule has 0 saturated heterocycles. The molecule has 0 aliphatic carbocycles. The molecule has 0 radical (unpaired) electrons. The summed E-state index contributed by atoms with van der Waals surface area (Å²) in [4.78, 5) is 15.8. The number of guanidine groups is 1.